The highest BCUT2D eigenvalue weighted by atomic mass is 16.8. The maximum Gasteiger partial charge on any atom is 0.210 e. The molecule has 0 N–H and O–H groups in total. The zero-order chi connectivity index (χ0) is 9.47. The van der Waals surface area contributed by atoms with Crippen LogP contribution in [-0.4, -0.2) is 37.5 Å². The summed E-state index contributed by atoms with van der Waals surface area (Å²) in [6.45, 7) is 7.17. The zero-order valence-electron chi connectivity index (χ0n) is 8.28. The van der Waals surface area contributed by atoms with E-state index in [1.807, 2.05) is 20.8 Å². The molecular formula is C9H16O4. The molecule has 4 heteroatoms. The lowest BCUT2D eigenvalue weighted by Crippen LogP contribution is -2.31. The van der Waals surface area contributed by atoms with Gasteiger partial charge in [-0.15, -0.1) is 0 Å². The van der Waals surface area contributed by atoms with Crippen molar-refractivity contribution in [2.24, 2.45) is 0 Å². The van der Waals surface area contributed by atoms with Gasteiger partial charge in [0, 0.05) is 0 Å². The van der Waals surface area contributed by atoms with E-state index in [-0.39, 0.29) is 24.3 Å². The molecule has 2 fully saturated rings. The lowest BCUT2D eigenvalue weighted by molar-refractivity contribution is -0.219. The van der Waals surface area contributed by atoms with E-state index in [4.69, 9.17) is 18.9 Å². The highest BCUT2D eigenvalue weighted by Gasteiger charge is 2.41. The summed E-state index contributed by atoms with van der Waals surface area (Å²) in [6, 6.07) is 0. The van der Waals surface area contributed by atoms with E-state index < -0.39 is 0 Å². The van der Waals surface area contributed by atoms with E-state index in [9.17, 15) is 0 Å². The molecule has 0 saturated carbocycles. The van der Waals surface area contributed by atoms with Crippen molar-refractivity contribution >= 4 is 0 Å². The predicted molar refractivity (Wildman–Crippen MR) is 45.2 cm³/mol. The number of hydrogen-bond acceptors (Lipinski definition) is 4. The molecule has 13 heavy (non-hydrogen) atoms. The van der Waals surface area contributed by atoms with Gasteiger partial charge in [0.1, 0.15) is 0 Å². The smallest absolute Gasteiger partial charge is 0.210 e. The average molecular weight is 188 g/mol. The van der Waals surface area contributed by atoms with Gasteiger partial charge in [-0.05, 0) is 20.8 Å². The molecule has 0 aromatic heterocycles. The zero-order valence-corrected chi connectivity index (χ0v) is 8.28. The van der Waals surface area contributed by atoms with E-state index in [1.165, 1.54) is 0 Å². The first-order chi connectivity index (χ1) is 6.07. The van der Waals surface area contributed by atoms with Crippen molar-refractivity contribution in [3.8, 4) is 0 Å². The second kappa shape index (κ2) is 3.20. The second-order valence-electron chi connectivity index (χ2n) is 4.21. The van der Waals surface area contributed by atoms with Gasteiger partial charge in [0.05, 0.1) is 24.9 Å². The predicted octanol–water partition coefficient (Wildman–Crippen LogP) is 0.899. The van der Waals surface area contributed by atoms with E-state index >= 15 is 0 Å². The fourth-order valence-corrected chi connectivity index (χ4v) is 1.48. The van der Waals surface area contributed by atoms with Crippen LogP contribution in [0, 0.1) is 0 Å². The fourth-order valence-electron chi connectivity index (χ4n) is 1.48. The van der Waals surface area contributed by atoms with Crippen molar-refractivity contribution in [2.45, 2.75) is 45.1 Å². The number of ether oxygens (including phenoxy) is 4. The Morgan fingerprint density at radius 2 is 1.92 bits per heavy atom. The van der Waals surface area contributed by atoms with Crippen LogP contribution in [0.1, 0.15) is 20.8 Å². The Morgan fingerprint density at radius 3 is 2.38 bits per heavy atom. The van der Waals surface area contributed by atoms with E-state index in [1.54, 1.807) is 0 Å². The van der Waals surface area contributed by atoms with Crippen molar-refractivity contribution in [3.63, 3.8) is 0 Å². The third kappa shape index (κ3) is 2.02. The highest BCUT2D eigenvalue weighted by Crippen LogP contribution is 2.28. The maximum absolute atomic E-state index is 5.61. The Balaban J connectivity index is 1.89. The van der Waals surface area contributed by atoms with Crippen LogP contribution in [0.2, 0.25) is 0 Å². The van der Waals surface area contributed by atoms with Crippen molar-refractivity contribution in [1.29, 1.82) is 0 Å². The van der Waals surface area contributed by atoms with Crippen LogP contribution in [0.3, 0.4) is 0 Å². The highest BCUT2D eigenvalue weighted by molar-refractivity contribution is 4.77. The molecule has 2 aliphatic rings. The Hall–Kier alpha value is -0.160. The van der Waals surface area contributed by atoms with Gasteiger partial charge in [0.15, 0.2) is 0 Å². The Labute approximate surface area is 78.1 Å². The third-order valence-electron chi connectivity index (χ3n) is 2.11. The van der Waals surface area contributed by atoms with Gasteiger partial charge in [0.2, 0.25) is 12.6 Å². The minimum absolute atomic E-state index is 0.140. The van der Waals surface area contributed by atoms with E-state index in [2.05, 4.69) is 0 Å². The van der Waals surface area contributed by atoms with Crippen molar-refractivity contribution in [2.75, 3.05) is 13.2 Å². The topological polar surface area (TPSA) is 36.9 Å². The molecule has 0 bridgehead atoms. The monoisotopic (exact) mass is 188 g/mol. The normalized spacial score (nSPS) is 44.1. The quantitative estimate of drug-likeness (QED) is 0.612. The van der Waals surface area contributed by atoms with Gasteiger partial charge in [-0.25, -0.2) is 0 Å². The Bertz CT molecular complexity index is 192. The molecule has 0 aliphatic carbocycles. The van der Waals surface area contributed by atoms with Crippen LogP contribution < -0.4 is 0 Å². The minimum atomic E-state index is -0.361. The molecule has 2 rings (SSSR count). The standard InChI is InChI=1S/C9H16O4/c1-6-4-10-7(12-6)8-11-5-9(2,3)13-8/h6-8H,4-5H2,1-3H3. The SMILES string of the molecule is CC1COC(C2OCC(C)(C)O2)O1. The fraction of sp³-hybridized carbons (Fsp3) is 1.00. The lowest BCUT2D eigenvalue weighted by atomic mass is 10.2. The summed E-state index contributed by atoms with van der Waals surface area (Å²) >= 11 is 0. The lowest BCUT2D eigenvalue weighted by Gasteiger charge is -2.19. The van der Waals surface area contributed by atoms with Gasteiger partial charge >= 0.3 is 0 Å². The van der Waals surface area contributed by atoms with Crippen LogP contribution in [0.25, 0.3) is 0 Å². The molecule has 2 heterocycles. The van der Waals surface area contributed by atoms with Gasteiger partial charge in [-0.2, -0.15) is 0 Å². The van der Waals surface area contributed by atoms with E-state index in [0.29, 0.717) is 13.2 Å². The number of hydrogen-bond donors (Lipinski definition) is 0. The number of rotatable bonds is 1. The third-order valence-corrected chi connectivity index (χ3v) is 2.11. The van der Waals surface area contributed by atoms with Gasteiger partial charge in [-0.3, -0.25) is 0 Å². The molecule has 0 aromatic carbocycles. The first-order valence-electron chi connectivity index (χ1n) is 4.63. The van der Waals surface area contributed by atoms with Gasteiger partial charge < -0.3 is 18.9 Å². The van der Waals surface area contributed by atoms with Crippen LogP contribution >= 0.6 is 0 Å². The molecule has 76 valence electrons. The van der Waals surface area contributed by atoms with E-state index in [0.717, 1.165) is 0 Å². The summed E-state index contributed by atoms with van der Waals surface area (Å²) in [5.74, 6) is 0. The summed E-state index contributed by atoms with van der Waals surface area (Å²) in [6.07, 6.45) is -0.572. The first-order valence-corrected chi connectivity index (χ1v) is 4.63. The Morgan fingerprint density at radius 1 is 1.15 bits per heavy atom. The van der Waals surface area contributed by atoms with Crippen LogP contribution in [0.5, 0.6) is 0 Å². The largest absolute Gasteiger partial charge is 0.345 e. The average Bonchev–Trinajstić information content (AvgIpc) is 2.56. The summed E-state index contributed by atoms with van der Waals surface area (Å²) in [5.41, 5.74) is -0.219. The molecule has 0 radical (unpaired) electrons. The summed E-state index contributed by atoms with van der Waals surface area (Å²) in [4.78, 5) is 0. The molecule has 4 nitrogen and oxygen atoms in total. The summed E-state index contributed by atoms with van der Waals surface area (Å²) < 4.78 is 21.9. The van der Waals surface area contributed by atoms with Crippen LogP contribution in [0.15, 0.2) is 0 Å². The first kappa shape index (κ1) is 9.40. The minimum Gasteiger partial charge on any atom is -0.345 e. The van der Waals surface area contributed by atoms with Crippen molar-refractivity contribution in [1.82, 2.24) is 0 Å². The van der Waals surface area contributed by atoms with Crippen molar-refractivity contribution in [3.05, 3.63) is 0 Å². The molecule has 0 amide bonds. The second-order valence-corrected chi connectivity index (χ2v) is 4.21. The molecule has 3 unspecified atom stereocenters. The summed E-state index contributed by atoms with van der Waals surface area (Å²) in [5, 5.41) is 0. The van der Waals surface area contributed by atoms with Crippen molar-refractivity contribution < 1.29 is 18.9 Å². The molecular weight excluding hydrogens is 172 g/mol. The molecule has 3 atom stereocenters. The summed E-state index contributed by atoms with van der Waals surface area (Å²) in [7, 11) is 0. The molecule has 0 spiro atoms. The molecule has 0 aromatic rings. The molecule has 2 aliphatic heterocycles. The molecule has 2 saturated heterocycles. The van der Waals surface area contributed by atoms with Gasteiger partial charge in [-0.1, -0.05) is 0 Å². The van der Waals surface area contributed by atoms with Gasteiger partial charge in [0.25, 0.3) is 0 Å². The Kier molecular flexibility index (Phi) is 2.32. The van der Waals surface area contributed by atoms with Crippen LogP contribution in [0.4, 0.5) is 0 Å². The van der Waals surface area contributed by atoms with Crippen LogP contribution in [-0.2, 0) is 18.9 Å². The maximum atomic E-state index is 5.61.